The molecule has 5 rings (SSSR count). The molecule has 5 heteroatoms. The molecular formula is C26H20N2O2S. The Morgan fingerprint density at radius 2 is 1.23 bits per heavy atom. The lowest BCUT2D eigenvalue weighted by molar-refractivity contribution is 0.579. The Hall–Kier alpha value is -3.70. The van der Waals surface area contributed by atoms with Crippen LogP contribution in [0, 0.1) is 6.92 Å². The molecule has 0 atom stereocenters. The zero-order chi connectivity index (χ0) is 21.4. The molecule has 1 heterocycles. The Kier molecular flexibility index (Phi) is 4.68. The van der Waals surface area contributed by atoms with Gasteiger partial charge in [0.05, 0.1) is 16.3 Å². The summed E-state index contributed by atoms with van der Waals surface area (Å²) in [5.74, 6) is 0. The minimum Gasteiger partial charge on any atom is -0.199 e. The van der Waals surface area contributed by atoms with Crippen LogP contribution in [0.4, 0.5) is 0 Å². The molecule has 31 heavy (non-hydrogen) atoms. The second-order valence-corrected chi connectivity index (χ2v) is 9.21. The van der Waals surface area contributed by atoms with Gasteiger partial charge in [-0.3, -0.25) is 0 Å². The van der Waals surface area contributed by atoms with Crippen molar-refractivity contribution in [2.45, 2.75) is 11.8 Å². The standard InChI is InChI=1S/C26H20N2O2S/c1-19-15-17-22(18-16-19)31(29,30)28-26(21-11-6-3-7-12-21)24-14-8-13-23(24)25(27-28)20-9-4-2-5-10-20/h2-18H,1H3. The van der Waals surface area contributed by atoms with Gasteiger partial charge in [-0.2, -0.15) is 17.6 Å². The zero-order valence-corrected chi connectivity index (χ0v) is 17.8. The number of nitrogens with zero attached hydrogens (tertiary/aromatic N) is 2. The van der Waals surface area contributed by atoms with Gasteiger partial charge in [0, 0.05) is 22.3 Å². The van der Waals surface area contributed by atoms with Gasteiger partial charge in [0.15, 0.2) is 0 Å². The Bertz CT molecular complexity index is 1420. The van der Waals surface area contributed by atoms with Crippen molar-refractivity contribution in [3.05, 3.63) is 109 Å². The molecule has 0 fully saturated rings. The Morgan fingerprint density at radius 1 is 0.645 bits per heavy atom. The first-order chi connectivity index (χ1) is 15.1. The molecule has 152 valence electrons. The van der Waals surface area contributed by atoms with Crippen LogP contribution in [0.2, 0.25) is 0 Å². The van der Waals surface area contributed by atoms with Gasteiger partial charge in [-0.05, 0) is 19.1 Å². The summed E-state index contributed by atoms with van der Waals surface area (Å²) in [5.41, 5.74) is 5.61. The smallest absolute Gasteiger partial charge is 0.199 e. The summed E-state index contributed by atoms with van der Waals surface area (Å²) in [7, 11) is -3.93. The van der Waals surface area contributed by atoms with Gasteiger partial charge in [0.25, 0.3) is 10.0 Å². The summed E-state index contributed by atoms with van der Waals surface area (Å²) < 4.78 is 28.8. The Balaban J connectivity index is 1.88. The van der Waals surface area contributed by atoms with Crippen molar-refractivity contribution in [3.63, 3.8) is 0 Å². The third-order valence-corrected chi connectivity index (χ3v) is 6.94. The van der Waals surface area contributed by atoms with E-state index in [1.54, 1.807) is 24.3 Å². The predicted octanol–water partition coefficient (Wildman–Crippen LogP) is 5.87. The van der Waals surface area contributed by atoms with Crippen LogP contribution in [0.5, 0.6) is 0 Å². The van der Waals surface area contributed by atoms with Gasteiger partial charge in [-0.25, -0.2) is 0 Å². The highest BCUT2D eigenvalue weighted by Crippen LogP contribution is 2.40. The topological polar surface area (TPSA) is 52.0 Å². The van der Waals surface area contributed by atoms with E-state index in [0.29, 0.717) is 11.4 Å². The van der Waals surface area contributed by atoms with Crippen LogP contribution in [0.15, 0.2) is 108 Å². The fourth-order valence-electron chi connectivity index (χ4n) is 3.79. The summed E-state index contributed by atoms with van der Waals surface area (Å²) in [6.45, 7) is 1.93. The van der Waals surface area contributed by atoms with Crippen molar-refractivity contribution < 1.29 is 8.42 Å². The molecule has 1 aliphatic carbocycles. The van der Waals surface area contributed by atoms with Crippen LogP contribution in [-0.4, -0.2) is 17.6 Å². The van der Waals surface area contributed by atoms with Crippen molar-refractivity contribution in [3.8, 4) is 33.6 Å². The minimum absolute atomic E-state index is 0.206. The molecule has 0 unspecified atom stereocenters. The molecule has 0 spiro atoms. The number of hydrogen-bond acceptors (Lipinski definition) is 3. The van der Waals surface area contributed by atoms with Gasteiger partial charge in [-0.15, -0.1) is 0 Å². The maximum atomic E-state index is 13.8. The molecule has 0 saturated carbocycles. The number of fused-ring (bicyclic) bond motifs is 1. The fraction of sp³-hybridized carbons (Fsp3) is 0.0385. The lowest BCUT2D eigenvalue weighted by Gasteiger charge is -2.20. The molecular weight excluding hydrogens is 404 g/mol. The van der Waals surface area contributed by atoms with E-state index in [4.69, 9.17) is 5.10 Å². The molecule has 3 aromatic rings. The molecule has 1 aliphatic heterocycles. The van der Waals surface area contributed by atoms with Crippen LogP contribution in [0.3, 0.4) is 0 Å². The van der Waals surface area contributed by atoms with E-state index in [1.165, 1.54) is 4.09 Å². The molecule has 0 N–H and O–H groups in total. The number of aryl methyl sites for hydroxylation is 1. The maximum Gasteiger partial charge on any atom is 0.283 e. The van der Waals surface area contributed by atoms with E-state index in [1.807, 2.05) is 85.8 Å². The maximum absolute atomic E-state index is 13.8. The monoisotopic (exact) mass is 424 g/mol. The number of benzene rings is 3. The summed E-state index contributed by atoms with van der Waals surface area (Å²) >= 11 is 0. The lowest BCUT2D eigenvalue weighted by atomic mass is 9.99. The quantitative estimate of drug-likeness (QED) is 0.363. The highest BCUT2D eigenvalue weighted by Gasteiger charge is 2.28. The van der Waals surface area contributed by atoms with Crippen LogP contribution in [-0.2, 0) is 10.0 Å². The average molecular weight is 425 g/mol. The summed E-state index contributed by atoms with van der Waals surface area (Å²) in [4.78, 5) is 0.206. The van der Waals surface area contributed by atoms with E-state index >= 15 is 0 Å². The first-order valence-electron chi connectivity index (χ1n) is 10.0. The molecule has 3 aromatic carbocycles. The molecule has 4 nitrogen and oxygen atoms in total. The van der Waals surface area contributed by atoms with Crippen molar-refractivity contribution >= 4 is 10.0 Å². The normalized spacial score (nSPS) is 11.6. The first kappa shape index (κ1) is 19.3. The molecule has 0 radical (unpaired) electrons. The molecule has 2 aliphatic rings. The third kappa shape index (κ3) is 3.33. The molecule has 0 aromatic heterocycles. The van der Waals surface area contributed by atoms with Crippen molar-refractivity contribution in [2.75, 3.05) is 0 Å². The van der Waals surface area contributed by atoms with Crippen molar-refractivity contribution in [1.29, 1.82) is 0 Å². The van der Waals surface area contributed by atoms with Gasteiger partial charge in [0.2, 0.25) is 0 Å². The largest absolute Gasteiger partial charge is 0.283 e. The van der Waals surface area contributed by atoms with Crippen LogP contribution < -0.4 is 0 Å². The zero-order valence-electron chi connectivity index (χ0n) is 16.9. The van der Waals surface area contributed by atoms with Crippen LogP contribution in [0.1, 0.15) is 5.56 Å². The fourth-order valence-corrected chi connectivity index (χ4v) is 5.10. The van der Waals surface area contributed by atoms with E-state index in [0.717, 1.165) is 27.8 Å². The van der Waals surface area contributed by atoms with E-state index in [9.17, 15) is 8.42 Å². The van der Waals surface area contributed by atoms with E-state index < -0.39 is 10.0 Å². The SMILES string of the molecule is Cc1ccc(S(=O)(=O)n2nc(-c3ccccc3)c3cccc-3c2-c2ccccc2)cc1. The molecule has 0 amide bonds. The summed E-state index contributed by atoms with van der Waals surface area (Å²) in [6, 6.07) is 31.9. The van der Waals surface area contributed by atoms with Gasteiger partial charge in [0.1, 0.15) is 0 Å². The van der Waals surface area contributed by atoms with Crippen molar-refractivity contribution in [2.24, 2.45) is 0 Å². The van der Waals surface area contributed by atoms with Crippen molar-refractivity contribution in [1.82, 2.24) is 9.19 Å². The number of rotatable bonds is 4. The first-order valence-corrected chi connectivity index (χ1v) is 11.4. The Morgan fingerprint density at radius 3 is 1.87 bits per heavy atom. The van der Waals surface area contributed by atoms with Crippen LogP contribution in [0.25, 0.3) is 33.6 Å². The summed E-state index contributed by atoms with van der Waals surface area (Å²) in [6.07, 6.45) is 0. The number of aromatic nitrogens is 2. The molecule has 0 bridgehead atoms. The van der Waals surface area contributed by atoms with E-state index in [-0.39, 0.29) is 4.90 Å². The second kappa shape index (κ2) is 7.52. The van der Waals surface area contributed by atoms with Gasteiger partial charge < -0.3 is 0 Å². The highest BCUT2D eigenvalue weighted by atomic mass is 32.2. The third-order valence-electron chi connectivity index (χ3n) is 5.35. The number of hydrogen-bond donors (Lipinski definition) is 0. The second-order valence-electron chi connectivity index (χ2n) is 7.44. The van der Waals surface area contributed by atoms with Crippen LogP contribution >= 0.6 is 0 Å². The minimum atomic E-state index is -3.93. The highest BCUT2D eigenvalue weighted by molar-refractivity contribution is 7.90. The van der Waals surface area contributed by atoms with Gasteiger partial charge in [-0.1, -0.05) is 96.6 Å². The van der Waals surface area contributed by atoms with E-state index in [2.05, 4.69) is 0 Å². The lowest BCUT2D eigenvalue weighted by Crippen LogP contribution is -2.20. The average Bonchev–Trinajstić information content (AvgIpc) is 3.29. The molecule has 0 saturated heterocycles. The summed E-state index contributed by atoms with van der Waals surface area (Å²) in [5, 5.41) is 4.72. The Labute approximate surface area is 181 Å². The van der Waals surface area contributed by atoms with Gasteiger partial charge >= 0.3 is 0 Å². The predicted molar refractivity (Wildman–Crippen MR) is 123 cm³/mol.